The molecule has 3 heterocycles. The molecular formula is C41H38F3N5O2. The molecule has 1 atom stereocenters. The molecule has 1 aliphatic heterocycles. The topological polar surface area (TPSA) is 69.6 Å². The Bertz CT molecular complexity index is 1900. The van der Waals surface area contributed by atoms with E-state index in [0.717, 1.165) is 40.2 Å². The smallest absolute Gasteiger partial charge is 0.338 e. The summed E-state index contributed by atoms with van der Waals surface area (Å²) < 4.78 is 39.5. The Balaban J connectivity index is 1.28. The fourth-order valence-electron chi connectivity index (χ4n) is 6.13. The van der Waals surface area contributed by atoms with Crippen molar-refractivity contribution in [2.75, 3.05) is 26.2 Å². The molecule has 0 bridgehead atoms. The number of hydrogen-bond acceptors (Lipinski definition) is 5. The van der Waals surface area contributed by atoms with Gasteiger partial charge in [-0.05, 0) is 59.2 Å². The summed E-state index contributed by atoms with van der Waals surface area (Å²) in [6, 6.07) is 32.6. The maximum absolute atomic E-state index is 14.5. The standard InChI is InChI=1S/C41H38F3N5O2/c42-41(43,44)35-19-14-31(15-20-35)16-21-39(50)49(29-33-12-17-34(18-13-33)37-11-5-7-23-46-37)38(28-32-8-2-1-3-9-32)40(51)48-26-24-47(25-27-48)30-36-10-4-6-22-45-36/h1-23,38H,24-30H2/t38-/m0/s1. The molecule has 6 rings (SSSR count). The molecule has 1 fully saturated rings. The number of pyridine rings is 2. The summed E-state index contributed by atoms with van der Waals surface area (Å²) >= 11 is 0. The van der Waals surface area contributed by atoms with Crippen molar-refractivity contribution in [1.29, 1.82) is 0 Å². The average molecular weight is 690 g/mol. The lowest BCUT2D eigenvalue weighted by Gasteiger charge is -2.39. The molecule has 7 nitrogen and oxygen atoms in total. The van der Waals surface area contributed by atoms with Gasteiger partial charge in [0.15, 0.2) is 0 Å². The molecule has 0 N–H and O–H groups in total. The largest absolute Gasteiger partial charge is 0.416 e. The fraction of sp³-hybridized carbons (Fsp3) is 0.220. The predicted molar refractivity (Wildman–Crippen MR) is 191 cm³/mol. The van der Waals surface area contributed by atoms with Crippen molar-refractivity contribution >= 4 is 17.9 Å². The molecule has 1 saturated heterocycles. The highest BCUT2D eigenvalue weighted by atomic mass is 19.4. The summed E-state index contributed by atoms with van der Waals surface area (Å²) in [4.78, 5) is 43.2. The number of nitrogens with zero attached hydrogens (tertiary/aromatic N) is 5. The van der Waals surface area contributed by atoms with Gasteiger partial charge in [-0.3, -0.25) is 24.5 Å². The average Bonchev–Trinajstić information content (AvgIpc) is 3.16. The number of amides is 2. The highest BCUT2D eigenvalue weighted by molar-refractivity contribution is 5.95. The van der Waals surface area contributed by atoms with E-state index >= 15 is 0 Å². The molecule has 0 aliphatic carbocycles. The van der Waals surface area contributed by atoms with Gasteiger partial charge in [0.1, 0.15) is 6.04 Å². The van der Waals surface area contributed by atoms with Gasteiger partial charge in [-0.15, -0.1) is 0 Å². The zero-order valence-corrected chi connectivity index (χ0v) is 28.0. The van der Waals surface area contributed by atoms with Crippen molar-refractivity contribution in [2.24, 2.45) is 0 Å². The number of benzene rings is 3. The zero-order valence-electron chi connectivity index (χ0n) is 28.0. The van der Waals surface area contributed by atoms with E-state index in [-0.39, 0.29) is 12.5 Å². The minimum absolute atomic E-state index is 0.140. The SMILES string of the molecule is O=C([C@H](Cc1ccccc1)N(Cc1ccc(-c2ccccn2)cc1)C(=O)C=Cc1ccc(C(F)(F)F)cc1)N1CCN(Cc2ccccn2)CC1. The van der Waals surface area contributed by atoms with Crippen LogP contribution < -0.4 is 0 Å². The summed E-state index contributed by atoms with van der Waals surface area (Å²) in [6.07, 6.45) is 2.15. The van der Waals surface area contributed by atoms with E-state index in [9.17, 15) is 22.8 Å². The molecule has 260 valence electrons. The van der Waals surface area contributed by atoms with Crippen LogP contribution in [0.2, 0.25) is 0 Å². The lowest BCUT2D eigenvalue weighted by molar-refractivity contribution is -0.145. The van der Waals surface area contributed by atoms with E-state index in [1.807, 2.05) is 95.9 Å². The third-order valence-corrected chi connectivity index (χ3v) is 8.94. The van der Waals surface area contributed by atoms with Crippen LogP contribution in [0, 0.1) is 0 Å². The quantitative estimate of drug-likeness (QED) is 0.138. The van der Waals surface area contributed by atoms with E-state index < -0.39 is 23.7 Å². The molecule has 2 aromatic heterocycles. The van der Waals surface area contributed by atoms with Gasteiger partial charge in [0, 0.05) is 69.7 Å². The Kier molecular flexibility index (Phi) is 11.3. The van der Waals surface area contributed by atoms with Crippen molar-refractivity contribution in [3.8, 4) is 11.3 Å². The fourth-order valence-corrected chi connectivity index (χ4v) is 6.13. The Morgan fingerprint density at radius 3 is 2.04 bits per heavy atom. The van der Waals surface area contributed by atoms with Gasteiger partial charge >= 0.3 is 6.18 Å². The number of piperazine rings is 1. The number of alkyl halides is 3. The summed E-state index contributed by atoms with van der Waals surface area (Å²) in [5.74, 6) is -0.579. The Morgan fingerprint density at radius 2 is 1.41 bits per heavy atom. The number of aromatic nitrogens is 2. The lowest BCUT2D eigenvalue weighted by atomic mass is 10.0. The van der Waals surface area contributed by atoms with Crippen LogP contribution in [0.15, 0.2) is 134 Å². The lowest BCUT2D eigenvalue weighted by Crippen LogP contribution is -2.56. The number of rotatable bonds is 11. The maximum Gasteiger partial charge on any atom is 0.416 e. The van der Waals surface area contributed by atoms with Crippen LogP contribution in [0.25, 0.3) is 17.3 Å². The molecular weight excluding hydrogens is 651 g/mol. The van der Waals surface area contributed by atoms with Gasteiger partial charge in [0.05, 0.1) is 17.0 Å². The van der Waals surface area contributed by atoms with E-state index in [1.165, 1.54) is 24.3 Å². The van der Waals surface area contributed by atoms with Crippen LogP contribution in [0.5, 0.6) is 0 Å². The van der Waals surface area contributed by atoms with E-state index in [1.54, 1.807) is 17.3 Å². The molecule has 51 heavy (non-hydrogen) atoms. The van der Waals surface area contributed by atoms with Crippen LogP contribution >= 0.6 is 0 Å². The summed E-state index contributed by atoms with van der Waals surface area (Å²) in [5, 5.41) is 0. The minimum Gasteiger partial charge on any atom is -0.338 e. The zero-order chi connectivity index (χ0) is 35.6. The predicted octanol–water partition coefficient (Wildman–Crippen LogP) is 7.16. The number of carbonyl (C=O) groups is 2. The van der Waals surface area contributed by atoms with Crippen LogP contribution in [-0.2, 0) is 35.3 Å². The molecule has 0 radical (unpaired) electrons. The molecule has 3 aromatic carbocycles. The Hall–Kier alpha value is -5.61. The van der Waals surface area contributed by atoms with Gasteiger partial charge in [0.25, 0.3) is 0 Å². The third kappa shape index (κ3) is 9.55. The van der Waals surface area contributed by atoms with E-state index in [0.29, 0.717) is 44.7 Å². The van der Waals surface area contributed by atoms with Crippen LogP contribution in [0.1, 0.15) is 27.9 Å². The second kappa shape index (κ2) is 16.4. The highest BCUT2D eigenvalue weighted by Gasteiger charge is 2.34. The molecule has 5 aromatic rings. The number of hydrogen-bond donors (Lipinski definition) is 0. The molecule has 10 heteroatoms. The van der Waals surface area contributed by atoms with Crippen LogP contribution in [0.4, 0.5) is 13.2 Å². The second-order valence-electron chi connectivity index (χ2n) is 12.5. The Morgan fingerprint density at radius 1 is 0.745 bits per heavy atom. The summed E-state index contributed by atoms with van der Waals surface area (Å²) in [7, 11) is 0. The monoisotopic (exact) mass is 689 g/mol. The summed E-state index contributed by atoms with van der Waals surface area (Å²) in [5.41, 5.74) is 4.08. The van der Waals surface area contributed by atoms with Crippen molar-refractivity contribution in [3.05, 3.63) is 162 Å². The molecule has 0 saturated carbocycles. The summed E-state index contributed by atoms with van der Waals surface area (Å²) in [6.45, 7) is 3.15. The van der Waals surface area contributed by atoms with E-state index in [4.69, 9.17) is 0 Å². The first-order chi connectivity index (χ1) is 24.7. The van der Waals surface area contributed by atoms with Gasteiger partial charge < -0.3 is 9.80 Å². The first kappa shape index (κ1) is 35.2. The second-order valence-corrected chi connectivity index (χ2v) is 12.5. The maximum atomic E-state index is 14.5. The van der Waals surface area contributed by atoms with Gasteiger partial charge in [-0.1, -0.05) is 78.9 Å². The van der Waals surface area contributed by atoms with Crippen LogP contribution in [-0.4, -0.2) is 68.7 Å². The van der Waals surface area contributed by atoms with Crippen molar-refractivity contribution in [2.45, 2.75) is 31.7 Å². The number of halogens is 3. The third-order valence-electron chi connectivity index (χ3n) is 8.94. The van der Waals surface area contributed by atoms with Crippen molar-refractivity contribution in [1.82, 2.24) is 24.7 Å². The normalized spacial score (nSPS) is 14.4. The van der Waals surface area contributed by atoms with E-state index in [2.05, 4.69) is 14.9 Å². The molecule has 1 aliphatic rings. The first-order valence-corrected chi connectivity index (χ1v) is 16.8. The molecule has 0 unspecified atom stereocenters. The molecule has 0 spiro atoms. The molecule has 2 amide bonds. The van der Waals surface area contributed by atoms with Crippen molar-refractivity contribution < 1.29 is 22.8 Å². The number of carbonyl (C=O) groups excluding carboxylic acids is 2. The highest BCUT2D eigenvalue weighted by Crippen LogP contribution is 2.29. The Labute approximate surface area is 295 Å². The first-order valence-electron chi connectivity index (χ1n) is 16.8. The van der Waals surface area contributed by atoms with Crippen molar-refractivity contribution in [3.63, 3.8) is 0 Å². The van der Waals surface area contributed by atoms with Gasteiger partial charge in [-0.2, -0.15) is 13.2 Å². The van der Waals surface area contributed by atoms with Gasteiger partial charge in [-0.25, -0.2) is 0 Å². The van der Waals surface area contributed by atoms with Gasteiger partial charge in [0.2, 0.25) is 11.8 Å². The van der Waals surface area contributed by atoms with Crippen LogP contribution in [0.3, 0.4) is 0 Å². The minimum atomic E-state index is -4.46.